The van der Waals surface area contributed by atoms with Crippen LogP contribution in [-0.2, 0) is 10.9 Å². The van der Waals surface area contributed by atoms with Crippen molar-refractivity contribution in [2.75, 3.05) is 19.7 Å². The van der Waals surface area contributed by atoms with Gasteiger partial charge in [-0.1, -0.05) is 18.2 Å². The first-order chi connectivity index (χ1) is 11.8. The van der Waals surface area contributed by atoms with Crippen molar-refractivity contribution in [3.63, 3.8) is 0 Å². The van der Waals surface area contributed by atoms with Gasteiger partial charge in [0, 0.05) is 12.1 Å². The molecule has 1 amide bonds. The molecule has 0 aromatic heterocycles. The van der Waals surface area contributed by atoms with E-state index in [9.17, 15) is 22.4 Å². The lowest BCUT2D eigenvalue weighted by molar-refractivity contribution is -0.137. The van der Waals surface area contributed by atoms with Gasteiger partial charge in [-0.15, -0.1) is 0 Å². The molecule has 1 fully saturated rings. The normalized spacial score (nSPS) is 18.2. The minimum absolute atomic E-state index is 0.0189. The topological polar surface area (TPSA) is 29.5 Å². The van der Waals surface area contributed by atoms with Crippen molar-refractivity contribution < 1.29 is 27.1 Å². The third-order valence-electron chi connectivity index (χ3n) is 4.03. The molecule has 1 heterocycles. The highest BCUT2D eigenvalue weighted by molar-refractivity contribution is 5.94. The Morgan fingerprint density at radius 1 is 1.12 bits per heavy atom. The molecule has 0 aliphatic carbocycles. The van der Waals surface area contributed by atoms with Gasteiger partial charge in [0.25, 0.3) is 5.91 Å². The van der Waals surface area contributed by atoms with E-state index in [0.717, 1.165) is 12.1 Å². The number of amides is 1. The van der Waals surface area contributed by atoms with Crippen LogP contribution in [0.2, 0.25) is 0 Å². The molecule has 0 spiro atoms. The summed E-state index contributed by atoms with van der Waals surface area (Å²) in [6.45, 7) is 0.736. The summed E-state index contributed by atoms with van der Waals surface area (Å²) in [6.07, 6.45) is -4.94. The zero-order chi connectivity index (χ0) is 18.0. The van der Waals surface area contributed by atoms with Gasteiger partial charge in [-0.3, -0.25) is 4.79 Å². The second kappa shape index (κ2) is 6.84. The van der Waals surface area contributed by atoms with Gasteiger partial charge in [-0.05, 0) is 35.9 Å². The van der Waals surface area contributed by atoms with Crippen molar-refractivity contribution in [2.45, 2.75) is 12.3 Å². The lowest BCUT2D eigenvalue weighted by atomic mass is 10.1. The molecule has 0 radical (unpaired) electrons. The number of ether oxygens (including phenoxy) is 1. The Balaban J connectivity index is 1.77. The van der Waals surface area contributed by atoms with Crippen molar-refractivity contribution in [2.24, 2.45) is 0 Å². The van der Waals surface area contributed by atoms with Crippen LogP contribution in [-0.4, -0.2) is 30.5 Å². The first-order valence-electron chi connectivity index (χ1n) is 7.68. The van der Waals surface area contributed by atoms with Gasteiger partial charge in [0.05, 0.1) is 18.7 Å². The molecule has 1 aliphatic rings. The van der Waals surface area contributed by atoms with Crippen LogP contribution in [0.1, 0.15) is 27.6 Å². The average Bonchev–Trinajstić information content (AvgIpc) is 2.61. The van der Waals surface area contributed by atoms with Gasteiger partial charge in [0.2, 0.25) is 0 Å². The number of carbonyl (C=O) groups is 1. The van der Waals surface area contributed by atoms with E-state index in [1.807, 2.05) is 0 Å². The molecule has 1 unspecified atom stereocenters. The summed E-state index contributed by atoms with van der Waals surface area (Å²) in [5, 5.41) is 0. The van der Waals surface area contributed by atoms with E-state index in [0.29, 0.717) is 5.56 Å². The number of alkyl halides is 3. The van der Waals surface area contributed by atoms with E-state index in [-0.39, 0.29) is 31.1 Å². The monoisotopic (exact) mass is 353 g/mol. The molecule has 1 atom stereocenters. The zero-order valence-electron chi connectivity index (χ0n) is 13.1. The van der Waals surface area contributed by atoms with Gasteiger partial charge in [0.15, 0.2) is 0 Å². The number of halogens is 4. The number of benzene rings is 2. The maximum Gasteiger partial charge on any atom is 0.416 e. The molecule has 25 heavy (non-hydrogen) atoms. The molecule has 2 aromatic carbocycles. The fourth-order valence-electron chi connectivity index (χ4n) is 2.72. The fourth-order valence-corrected chi connectivity index (χ4v) is 2.72. The summed E-state index contributed by atoms with van der Waals surface area (Å²) in [4.78, 5) is 14.0. The SMILES string of the molecule is O=C(c1cccc(C(F)(F)F)c1)N1CCOC(c2ccc(F)cc2)C1. The molecular weight excluding hydrogens is 338 g/mol. The molecule has 1 aliphatic heterocycles. The van der Waals surface area contributed by atoms with Crippen LogP contribution in [0.15, 0.2) is 48.5 Å². The Hall–Kier alpha value is -2.41. The molecule has 3 rings (SSSR count). The second-order valence-corrected chi connectivity index (χ2v) is 5.74. The standard InChI is InChI=1S/C18H15F4NO2/c19-15-6-4-12(5-7-15)16-11-23(8-9-25-16)17(24)13-2-1-3-14(10-13)18(20,21)22/h1-7,10,16H,8-9,11H2. The summed E-state index contributed by atoms with van der Waals surface area (Å²) in [7, 11) is 0. The van der Waals surface area contributed by atoms with Crippen molar-refractivity contribution in [3.8, 4) is 0 Å². The van der Waals surface area contributed by atoms with Crippen LogP contribution in [0.5, 0.6) is 0 Å². The van der Waals surface area contributed by atoms with E-state index in [2.05, 4.69) is 0 Å². The molecule has 0 N–H and O–H groups in total. The quantitative estimate of drug-likeness (QED) is 0.762. The molecule has 2 aromatic rings. The predicted molar refractivity (Wildman–Crippen MR) is 82.4 cm³/mol. The van der Waals surface area contributed by atoms with Crippen LogP contribution in [0.25, 0.3) is 0 Å². The Kier molecular flexibility index (Phi) is 4.76. The Bertz CT molecular complexity index is 758. The highest BCUT2D eigenvalue weighted by atomic mass is 19.4. The van der Waals surface area contributed by atoms with Gasteiger partial charge >= 0.3 is 6.18 Å². The van der Waals surface area contributed by atoms with Crippen molar-refractivity contribution in [1.29, 1.82) is 0 Å². The van der Waals surface area contributed by atoms with Crippen LogP contribution >= 0.6 is 0 Å². The van der Waals surface area contributed by atoms with Crippen molar-refractivity contribution in [3.05, 3.63) is 71.0 Å². The second-order valence-electron chi connectivity index (χ2n) is 5.74. The summed E-state index contributed by atoms with van der Waals surface area (Å²) in [5.41, 5.74) is -0.167. The molecule has 0 saturated carbocycles. The summed E-state index contributed by atoms with van der Waals surface area (Å²) in [6, 6.07) is 10.1. The number of carbonyl (C=O) groups excluding carboxylic acids is 1. The van der Waals surface area contributed by atoms with E-state index < -0.39 is 23.8 Å². The molecule has 1 saturated heterocycles. The average molecular weight is 353 g/mol. The van der Waals surface area contributed by atoms with Gasteiger partial charge < -0.3 is 9.64 Å². The van der Waals surface area contributed by atoms with Crippen LogP contribution < -0.4 is 0 Å². The van der Waals surface area contributed by atoms with Gasteiger partial charge in [-0.2, -0.15) is 13.2 Å². The zero-order valence-corrected chi connectivity index (χ0v) is 13.1. The lowest BCUT2D eigenvalue weighted by Crippen LogP contribution is -2.42. The van der Waals surface area contributed by atoms with Crippen LogP contribution in [0.3, 0.4) is 0 Å². The Labute approximate surface area is 141 Å². The first kappa shape index (κ1) is 17.4. The Morgan fingerprint density at radius 3 is 2.52 bits per heavy atom. The molecule has 0 bridgehead atoms. The minimum atomic E-state index is -4.50. The third kappa shape index (κ3) is 3.99. The summed E-state index contributed by atoms with van der Waals surface area (Å²) < 4.78 is 57.1. The number of rotatable bonds is 2. The maximum atomic E-state index is 13.0. The van der Waals surface area contributed by atoms with E-state index in [4.69, 9.17) is 4.74 Å². The van der Waals surface area contributed by atoms with E-state index >= 15 is 0 Å². The van der Waals surface area contributed by atoms with Crippen LogP contribution in [0.4, 0.5) is 17.6 Å². The third-order valence-corrected chi connectivity index (χ3v) is 4.03. The lowest BCUT2D eigenvalue weighted by Gasteiger charge is -2.33. The molecule has 7 heteroatoms. The molecular formula is C18H15F4NO2. The van der Waals surface area contributed by atoms with Crippen molar-refractivity contribution >= 4 is 5.91 Å². The number of morpholine rings is 1. The predicted octanol–water partition coefficient (Wildman–Crippen LogP) is 4.06. The summed E-state index contributed by atoms with van der Waals surface area (Å²) in [5.74, 6) is -0.863. The maximum absolute atomic E-state index is 13.0. The fraction of sp³-hybridized carbons (Fsp3) is 0.278. The minimum Gasteiger partial charge on any atom is -0.370 e. The number of hydrogen-bond acceptors (Lipinski definition) is 2. The van der Waals surface area contributed by atoms with Crippen molar-refractivity contribution in [1.82, 2.24) is 4.90 Å². The largest absolute Gasteiger partial charge is 0.416 e. The van der Waals surface area contributed by atoms with Gasteiger partial charge in [-0.25, -0.2) is 4.39 Å². The first-order valence-corrected chi connectivity index (χ1v) is 7.68. The van der Waals surface area contributed by atoms with Crippen LogP contribution in [0, 0.1) is 5.82 Å². The highest BCUT2D eigenvalue weighted by Gasteiger charge is 2.32. The van der Waals surface area contributed by atoms with E-state index in [1.54, 1.807) is 12.1 Å². The van der Waals surface area contributed by atoms with Gasteiger partial charge in [0.1, 0.15) is 11.9 Å². The molecule has 132 valence electrons. The van der Waals surface area contributed by atoms with E-state index in [1.165, 1.54) is 29.2 Å². The smallest absolute Gasteiger partial charge is 0.370 e. The highest BCUT2D eigenvalue weighted by Crippen LogP contribution is 2.30. The number of nitrogens with zero attached hydrogens (tertiary/aromatic N) is 1. The summed E-state index contributed by atoms with van der Waals surface area (Å²) >= 11 is 0. The molecule has 3 nitrogen and oxygen atoms in total. The number of hydrogen-bond donors (Lipinski definition) is 0. The Morgan fingerprint density at radius 2 is 1.84 bits per heavy atom.